The van der Waals surface area contributed by atoms with Gasteiger partial charge in [0.05, 0.1) is 23.7 Å². The highest BCUT2D eigenvalue weighted by Gasteiger charge is 2.34. The number of oxazole rings is 1. The number of carboxylic acid groups (broad SMARTS) is 1. The van der Waals surface area contributed by atoms with Crippen molar-refractivity contribution in [1.82, 2.24) is 24.6 Å². The van der Waals surface area contributed by atoms with Crippen LogP contribution in [0.15, 0.2) is 21.9 Å². The van der Waals surface area contributed by atoms with Crippen LogP contribution < -0.4 is 0 Å². The topological polar surface area (TPSA) is 97.3 Å². The van der Waals surface area contributed by atoms with E-state index in [0.717, 1.165) is 22.2 Å². The third-order valence-electron chi connectivity index (χ3n) is 4.42. The van der Waals surface area contributed by atoms with Crippen LogP contribution in [0.25, 0.3) is 10.8 Å². The molecule has 1 N–H and O–H groups in total. The minimum atomic E-state index is -0.863. The molecule has 1 atom stereocenters. The van der Waals surface area contributed by atoms with Crippen LogP contribution in [-0.2, 0) is 24.4 Å². The summed E-state index contributed by atoms with van der Waals surface area (Å²) in [6.45, 7) is 4.83. The zero-order chi connectivity index (χ0) is 17.6. The van der Waals surface area contributed by atoms with Crippen LogP contribution in [0.2, 0.25) is 0 Å². The molecule has 0 aliphatic carbocycles. The van der Waals surface area contributed by atoms with Gasteiger partial charge in [-0.3, -0.25) is 9.69 Å². The molecule has 1 unspecified atom stereocenters. The molecule has 0 amide bonds. The van der Waals surface area contributed by atoms with Gasteiger partial charge in [-0.05, 0) is 25.3 Å². The first-order valence-corrected chi connectivity index (χ1v) is 8.76. The fourth-order valence-corrected chi connectivity index (χ4v) is 3.68. The Kier molecular flexibility index (Phi) is 3.89. The van der Waals surface area contributed by atoms with Gasteiger partial charge < -0.3 is 14.1 Å². The van der Waals surface area contributed by atoms with E-state index in [1.54, 1.807) is 11.3 Å². The van der Waals surface area contributed by atoms with Crippen LogP contribution in [0.4, 0.5) is 0 Å². The first kappa shape index (κ1) is 16.0. The molecule has 3 aromatic rings. The van der Waals surface area contributed by atoms with E-state index in [4.69, 9.17) is 4.42 Å². The lowest BCUT2D eigenvalue weighted by atomic mass is 10.1. The number of aliphatic carboxylic acids is 1. The van der Waals surface area contributed by atoms with Crippen LogP contribution in [0.3, 0.4) is 0 Å². The maximum atomic E-state index is 11.7. The van der Waals surface area contributed by atoms with E-state index in [2.05, 4.69) is 15.2 Å². The Balaban J connectivity index is 1.62. The lowest BCUT2D eigenvalue weighted by Crippen LogP contribution is -2.47. The second-order valence-corrected chi connectivity index (χ2v) is 6.98. The summed E-state index contributed by atoms with van der Waals surface area (Å²) < 4.78 is 7.63. The number of carboxylic acids is 1. The molecule has 0 saturated carbocycles. The highest BCUT2D eigenvalue weighted by atomic mass is 32.1. The molecule has 0 bridgehead atoms. The fourth-order valence-electron chi connectivity index (χ4n) is 3.03. The SMILES string of the molecule is Cc1oc(-c2cccs2)nc1CN1Cc2nnc(C)n2CC1C(=O)O. The van der Waals surface area contributed by atoms with E-state index in [9.17, 15) is 9.90 Å². The second-order valence-electron chi connectivity index (χ2n) is 6.03. The minimum absolute atomic E-state index is 0.332. The summed E-state index contributed by atoms with van der Waals surface area (Å²) >= 11 is 1.56. The van der Waals surface area contributed by atoms with Crippen LogP contribution in [0.5, 0.6) is 0 Å². The number of fused-ring (bicyclic) bond motifs is 1. The zero-order valence-electron chi connectivity index (χ0n) is 13.8. The second kappa shape index (κ2) is 6.08. The van der Waals surface area contributed by atoms with E-state index >= 15 is 0 Å². The molecule has 3 aromatic heterocycles. The van der Waals surface area contributed by atoms with Gasteiger partial charge in [0.1, 0.15) is 23.5 Å². The number of carbonyl (C=O) groups is 1. The van der Waals surface area contributed by atoms with Crippen LogP contribution in [-0.4, -0.2) is 41.8 Å². The van der Waals surface area contributed by atoms with Gasteiger partial charge in [0.15, 0.2) is 0 Å². The van der Waals surface area contributed by atoms with Crippen LogP contribution in [0, 0.1) is 13.8 Å². The van der Waals surface area contributed by atoms with E-state index in [-0.39, 0.29) is 0 Å². The van der Waals surface area contributed by atoms with Crippen molar-refractivity contribution in [3.63, 3.8) is 0 Å². The van der Waals surface area contributed by atoms with E-state index in [1.807, 2.05) is 40.8 Å². The summed E-state index contributed by atoms with van der Waals surface area (Å²) in [6, 6.07) is 3.24. The van der Waals surface area contributed by atoms with E-state index < -0.39 is 12.0 Å². The van der Waals surface area contributed by atoms with Gasteiger partial charge in [-0.15, -0.1) is 21.5 Å². The Hall–Kier alpha value is -2.52. The number of nitrogens with zero attached hydrogens (tertiary/aromatic N) is 5. The fraction of sp³-hybridized carbons (Fsp3) is 0.375. The summed E-state index contributed by atoms with van der Waals surface area (Å²) in [5.41, 5.74) is 0.749. The molecular weight excluding hydrogens is 342 g/mol. The summed E-state index contributed by atoms with van der Waals surface area (Å²) in [7, 11) is 0. The first-order chi connectivity index (χ1) is 12.0. The number of hydrogen-bond acceptors (Lipinski definition) is 7. The molecule has 0 radical (unpaired) electrons. The summed E-state index contributed by atoms with van der Waals surface area (Å²) in [5, 5.41) is 19.8. The van der Waals surface area contributed by atoms with Crippen molar-refractivity contribution in [1.29, 1.82) is 0 Å². The predicted octanol–water partition coefficient (Wildman–Crippen LogP) is 2.08. The zero-order valence-corrected chi connectivity index (χ0v) is 14.7. The molecule has 4 rings (SSSR count). The third kappa shape index (κ3) is 2.85. The van der Waals surface area contributed by atoms with Crippen molar-refractivity contribution in [3.8, 4) is 10.8 Å². The van der Waals surface area contributed by atoms with Crippen molar-refractivity contribution in [2.24, 2.45) is 0 Å². The number of aromatic nitrogens is 4. The Labute approximate surface area is 147 Å². The molecule has 9 heteroatoms. The highest BCUT2D eigenvalue weighted by Crippen LogP contribution is 2.28. The Morgan fingerprint density at radius 1 is 1.44 bits per heavy atom. The highest BCUT2D eigenvalue weighted by molar-refractivity contribution is 7.13. The molecular formula is C16H17N5O3S. The average molecular weight is 359 g/mol. The van der Waals surface area contributed by atoms with Crippen molar-refractivity contribution < 1.29 is 14.3 Å². The Morgan fingerprint density at radius 2 is 2.28 bits per heavy atom. The van der Waals surface area contributed by atoms with Crippen LogP contribution >= 0.6 is 11.3 Å². The van der Waals surface area contributed by atoms with Gasteiger partial charge in [-0.2, -0.15) is 0 Å². The molecule has 4 heterocycles. The van der Waals surface area contributed by atoms with Gasteiger partial charge in [0, 0.05) is 6.54 Å². The van der Waals surface area contributed by atoms with E-state index in [0.29, 0.717) is 31.3 Å². The lowest BCUT2D eigenvalue weighted by Gasteiger charge is -2.32. The largest absolute Gasteiger partial charge is 0.480 e. The molecule has 0 fully saturated rings. The van der Waals surface area contributed by atoms with Crippen LogP contribution in [0.1, 0.15) is 23.1 Å². The van der Waals surface area contributed by atoms with Crippen molar-refractivity contribution in [2.75, 3.05) is 0 Å². The summed E-state index contributed by atoms with van der Waals surface area (Å²) in [5.74, 6) is 1.92. The molecule has 1 aliphatic heterocycles. The smallest absolute Gasteiger partial charge is 0.322 e. The molecule has 130 valence electrons. The summed E-state index contributed by atoms with van der Waals surface area (Å²) in [6.07, 6.45) is 0. The maximum Gasteiger partial charge on any atom is 0.322 e. The van der Waals surface area contributed by atoms with Crippen molar-refractivity contribution in [3.05, 3.63) is 40.6 Å². The Morgan fingerprint density at radius 3 is 3.00 bits per heavy atom. The molecule has 8 nitrogen and oxygen atoms in total. The quantitative estimate of drug-likeness (QED) is 0.761. The Bertz CT molecular complexity index is 915. The van der Waals surface area contributed by atoms with Gasteiger partial charge in [-0.1, -0.05) is 6.07 Å². The number of rotatable bonds is 4. The average Bonchev–Trinajstić information content (AvgIpc) is 3.29. The van der Waals surface area contributed by atoms with E-state index in [1.165, 1.54) is 0 Å². The first-order valence-electron chi connectivity index (χ1n) is 7.88. The number of hydrogen-bond donors (Lipinski definition) is 1. The molecule has 1 aliphatic rings. The van der Waals surface area contributed by atoms with Crippen molar-refractivity contribution in [2.45, 2.75) is 39.5 Å². The number of aryl methyl sites for hydroxylation is 2. The lowest BCUT2D eigenvalue weighted by molar-refractivity contribution is -0.145. The number of thiophene rings is 1. The normalized spacial score (nSPS) is 17.6. The third-order valence-corrected chi connectivity index (χ3v) is 5.27. The molecule has 0 aromatic carbocycles. The van der Waals surface area contributed by atoms with Gasteiger partial charge in [0.2, 0.25) is 5.89 Å². The molecule has 0 spiro atoms. The van der Waals surface area contributed by atoms with Crippen molar-refractivity contribution >= 4 is 17.3 Å². The monoisotopic (exact) mass is 359 g/mol. The van der Waals surface area contributed by atoms with Gasteiger partial charge in [-0.25, -0.2) is 4.98 Å². The summed E-state index contributed by atoms with van der Waals surface area (Å²) in [4.78, 5) is 19.1. The predicted molar refractivity (Wildman–Crippen MR) is 90.0 cm³/mol. The van der Waals surface area contributed by atoms with Gasteiger partial charge >= 0.3 is 5.97 Å². The minimum Gasteiger partial charge on any atom is -0.480 e. The molecule has 25 heavy (non-hydrogen) atoms. The molecule has 0 saturated heterocycles. The van der Waals surface area contributed by atoms with Gasteiger partial charge in [0.25, 0.3) is 0 Å². The maximum absolute atomic E-state index is 11.7. The standard InChI is InChI=1S/C16H17N5O3S/c1-9-11(17-15(24-9)13-4-3-5-25-13)6-20-8-14-19-18-10(2)21(14)7-12(20)16(22)23/h3-5,12H,6-8H2,1-2H3,(H,22,23).